The monoisotopic (exact) mass is 264 g/mol. The Labute approximate surface area is 108 Å². The Morgan fingerprint density at radius 2 is 2.12 bits per heavy atom. The largest absolute Gasteiger partial charge is 0.262 e. The maximum absolute atomic E-state index is 13.6. The highest BCUT2D eigenvalue weighted by Crippen LogP contribution is 2.32. The van der Waals surface area contributed by atoms with Crippen molar-refractivity contribution in [3.8, 4) is 11.1 Å². The van der Waals surface area contributed by atoms with Crippen molar-refractivity contribution in [2.45, 2.75) is 0 Å². The molecule has 84 valence electrons. The molecule has 1 aromatic carbocycles. The Balaban J connectivity index is 2.62. The van der Waals surface area contributed by atoms with Crippen molar-refractivity contribution < 1.29 is 4.39 Å². The molecule has 0 aliphatic carbocycles. The van der Waals surface area contributed by atoms with E-state index in [-0.39, 0.29) is 0 Å². The smallest absolute Gasteiger partial charge is 0.149 e. The minimum absolute atomic E-state index is 0.381. The average molecular weight is 265 g/mol. The molecule has 17 heavy (non-hydrogen) atoms. The summed E-state index contributed by atoms with van der Waals surface area (Å²) in [5, 5.41) is 2.70. The van der Waals surface area contributed by atoms with Crippen LogP contribution < -0.4 is 0 Å². The third kappa shape index (κ3) is 2.56. The number of rotatable bonds is 2. The molecule has 0 bridgehead atoms. The van der Waals surface area contributed by atoms with Gasteiger partial charge in [0.1, 0.15) is 5.82 Å². The minimum atomic E-state index is -0.433. The zero-order valence-electron chi connectivity index (χ0n) is 8.52. The van der Waals surface area contributed by atoms with Gasteiger partial charge < -0.3 is 0 Å². The van der Waals surface area contributed by atoms with Gasteiger partial charge in [0.15, 0.2) is 0 Å². The van der Waals surface area contributed by atoms with Crippen LogP contribution >= 0.6 is 23.8 Å². The van der Waals surface area contributed by atoms with Crippen LogP contribution in [0.4, 0.5) is 10.1 Å². The molecular formula is C12H6ClFN2S. The molecule has 2 rings (SSSR count). The summed E-state index contributed by atoms with van der Waals surface area (Å²) < 4.78 is 13.6. The van der Waals surface area contributed by atoms with E-state index in [0.29, 0.717) is 21.8 Å². The van der Waals surface area contributed by atoms with E-state index in [1.54, 1.807) is 24.3 Å². The van der Waals surface area contributed by atoms with Crippen LogP contribution in [0.5, 0.6) is 0 Å². The SMILES string of the molecule is Fc1cnccc1-c1cc(N=C=S)ccc1Cl. The molecule has 0 amide bonds. The first-order chi connectivity index (χ1) is 8.22. The molecule has 0 unspecified atom stereocenters. The molecule has 1 heterocycles. The van der Waals surface area contributed by atoms with Crippen molar-refractivity contribution in [2.75, 3.05) is 0 Å². The Kier molecular flexibility index (Phi) is 3.59. The maximum Gasteiger partial charge on any atom is 0.149 e. The molecule has 0 radical (unpaired) electrons. The predicted molar refractivity (Wildman–Crippen MR) is 69.3 cm³/mol. The van der Waals surface area contributed by atoms with Crippen molar-refractivity contribution in [1.29, 1.82) is 0 Å². The van der Waals surface area contributed by atoms with Crippen molar-refractivity contribution in [3.63, 3.8) is 0 Å². The first-order valence-corrected chi connectivity index (χ1v) is 5.48. The molecule has 0 N–H and O–H groups in total. The molecule has 0 aliphatic rings. The van der Waals surface area contributed by atoms with Crippen molar-refractivity contribution >= 4 is 34.7 Å². The average Bonchev–Trinajstić information content (AvgIpc) is 2.33. The van der Waals surface area contributed by atoms with Gasteiger partial charge in [-0.2, -0.15) is 4.99 Å². The van der Waals surface area contributed by atoms with E-state index in [0.717, 1.165) is 6.20 Å². The summed E-state index contributed by atoms with van der Waals surface area (Å²) >= 11 is 10.5. The fourth-order valence-electron chi connectivity index (χ4n) is 1.44. The zero-order valence-corrected chi connectivity index (χ0v) is 10.1. The van der Waals surface area contributed by atoms with Crippen molar-refractivity contribution in [3.05, 3.63) is 47.5 Å². The van der Waals surface area contributed by atoms with Gasteiger partial charge in [-0.15, -0.1) is 0 Å². The quantitative estimate of drug-likeness (QED) is 0.598. The Morgan fingerprint density at radius 1 is 1.29 bits per heavy atom. The second-order valence-corrected chi connectivity index (χ2v) is 3.81. The molecule has 0 aliphatic heterocycles. The van der Waals surface area contributed by atoms with E-state index in [1.165, 1.54) is 6.20 Å². The highest BCUT2D eigenvalue weighted by Gasteiger charge is 2.09. The number of aromatic nitrogens is 1. The van der Waals surface area contributed by atoms with E-state index < -0.39 is 5.82 Å². The lowest BCUT2D eigenvalue weighted by Crippen LogP contribution is -1.86. The van der Waals surface area contributed by atoms with E-state index in [4.69, 9.17) is 11.6 Å². The molecule has 0 spiro atoms. The first-order valence-electron chi connectivity index (χ1n) is 4.69. The standard InChI is InChI=1S/C12H6ClFN2S/c13-11-2-1-8(16-7-17)5-10(11)9-3-4-15-6-12(9)14/h1-6H. The number of isothiocyanates is 1. The lowest BCUT2D eigenvalue weighted by Gasteiger charge is -2.05. The van der Waals surface area contributed by atoms with Crippen LogP contribution in [0.25, 0.3) is 11.1 Å². The van der Waals surface area contributed by atoms with E-state index in [1.807, 2.05) is 0 Å². The summed E-state index contributed by atoms with van der Waals surface area (Å²) in [7, 11) is 0. The molecular weight excluding hydrogens is 259 g/mol. The van der Waals surface area contributed by atoms with Gasteiger partial charge in [-0.1, -0.05) is 11.6 Å². The summed E-state index contributed by atoms with van der Waals surface area (Å²) in [6.45, 7) is 0. The number of benzene rings is 1. The number of hydrogen-bond acceptors (Lipinski definition) is 3. The Morgan fingerprint density at radius 3 is 2.82 bits per heavy atom. The lowest BCUT2D eigenvalue weighted by molar-refractivity contribution is 0.625. The number of thiocarbonyl (C=S) groups is 1. The molecule has 2 nitrogen and oxygen atoms in total. The van der Waals surface area contributed by atoms with E-state index in [2.05, 4.69) is 27.4 Å². The molecule has 0 saturated heterocycles. The number of hydrogen-bond donors (Lipinski definition) is 0. The molecule has 5 heteroatoms. The van der Waals surface area contributed by atoms with E-state index in [9.17, 15) is 4.39 Å². The predicted octanol–water partition coefficient (Wildman–Crippen LogP) is 4.28. The lowest BCUT2D eigenvalue weighted by atomic mass is 10.1. The summed E-state index contributed by atoms with van der Waals surface area (Å²) in [5.41, 5.74) is 1.51. The fourth-order valence-corrected chi connectivity index (χ4v) is 1.76. The highest BCUT2D eigenvalue weighted by molar-refractivity contribution is 7.78. The second-order valence-electron chi connectivity index (χ2n) is 3.22. The van der Waals surface area contributed by atoms with Gasteiger partial charge in [0.2, 0.25) is 0 Å². The topological polar surface area (TPSA) is 25.2 Å². The first kappa shape index (κ1) is 11.9. The normalized spacial score (nSPS) is 9.76. The number of halogens is 2. The van der Waals surface area contributed by atoms with Crippen molar-refractivity contribution in [2.24, 2.45) is 4.99 Å². The summed E-state index contributed by atoms with van der Waals surface area (Å²) in [4.78, 5) is 7.52. The summed E-state index contributed by atoms with van der Waals surface area (Å²) in [6.07, 6.45) is 2.64. The van der Waals surface area contributed by atoms with Crippen LogP contribution in [-0.2, 0) is 0 Å². The maximum atomic E-state index is 13.6. The Hall–Kier alpha value is -1.61. The van der Waals surface area contributed by atoms with Crippen LogP contribution in [0.1, 0.15) is 0 Å². The number of pyridine rings is 1. The van der Waals surface area contributed by atoms with Crippen LogP contribution in [-0.4, -0.2) is 10.1 Å². The second kappa shape index (κ2) is 5.15. The van der Waals surface area contributed by atoms with Crippen LogP contribution in [0.2, 0.25) is 5.02 Å². The van der Waals surface area contributed by atoms with Crippen LogP contribution in [0.15, 0.2) is 41.7 Å². The molecule has 0 atom stereocenters. The molecule has 1 aromatic heterocycles. The van der Waals surface area contributed by atoms with Gasteiger partial charge in [-0.3, -0.25) is 4.98 Å². The van der Waals surface area contributed by atoms with Crippen LogP contribution in [0.3, 0.4) is 0 Å². The van der Waals surface area contributed by atoms with Gasteiger partial charge in [-0.05, 0) is 36.5 Å². The Bertz CT molecular complexity index is 609. The fraction of sp³-hybridized carbons (Fsp3) is 0. The van der Waals surface area contributed by atoms with Gasteiger partial charge in [0.25, 0.3) is 0 Å². The van der Waals surface area contributed by atoms with Crippen molar-refractivity contribution in [1.82, 2.24) is 4.98 Å². The van der Waals surface area contributed by atoms with Crippen LogP contribution in [0, 0.1) is 5.82 Å². The van der Waals surface area contributed by atoms with Gasteiger partial charge in [0, 0.05) is 22.3 Å². The summed E-state index contributed by atoms with van der Waals surface area (Å²) in [6, 6.07) is 6.54. The molecule has 0 fully saturated rings. The van der Waals surface area contributed by atoms with E-state index >= 15 is 0 Å². The number of nitrogens with zero attached hydrogens (tertiary/aromatic N) is 2. The third-order valence-corrected chi connectivity index (χ3v) is 2.61. The molecule has 2 aromatic rings. The van der Waals surface area contributed by atoms with Gasteiger partial charge in [-0.25, -0.2) is 4.39 Å². The molecule has 0 saturated carbocycles. The van der Waals surface area contributed by atoms with Gasteiger partial charge in [0.05, 0.1) is 17.0 Å². The zero-order chi connectivity index (χ0) is 12.3. The summed E-state index contributed by atoms with van der Waals surface area (Å²) in [5.74, 6) is -0.433. The third-order valence-electron chi connectivity index (χ3n) is 2.19. The number of aliphatic imine (C=N–C) groups is 1. The highest BCUT2D eigenvalue weighted by atomic mass is 35.5. The van der Waals surface area contributed by atoms with Gasteiger partial charge >= 0.3 is 0 Å². The minimum Gasteiger partial charge on any atom is -0.262 e.